The van der Waals surface area contributed by atoms with Gasteiger partial charge in [0.2, 0.25) is 18.6 Å². The van der Waals surface area contributed by atoms with Crippen LogP contribution in [-0.4, -0.2) is 43.1 Å². The van der Waals surface area contributed by atoms with Crippen molar-refractivity contribution in [3.8, 4) is 17.6 Å². The van der Waals surface area contributed by atoms with Gasteiger partial charge >= 0.3 is 0 Å². The molecule has 2 aliphatic heterocycles. The molecule has 0 aromatic heterocycles. The van der Waals surface area contributed by atoms with E-state index in [1.165, 1.54) is 0 Å². The number of nitriles is 1. The molecule has 0 atom stereocenters. The number of carbonyl (C=O) groups is 2. The van der Waals surface area contributed by atoms with Gasteiger partial charge in [-0.25, -0.2) is 0 Å². The number of likely N-dealkylation sites (tertiary alicyclic amines) is 1. The van der Waals surface area contributed by atoms with Crippen LogP contribution in [0.4, 0.5) is 11.4 Å². The van der Waals surface area contributed by atoms with Gasteiger partial charge in [-0.15, -0.1) is 0 Å². The summed E-state index contributed by atoms with van der Waals surface area (Å²) in [5, 5.41) is 14.9. The lowest BCUT2D eigenvalue weighted by atomic mass is 9.95. The summed E-state index contributed by atoms with van der Waals surface area (Å²) in [6.45, 7) is 1.75. The molecule has 4 rings (SSSR count). The third kappa shape index (κ3) is 4.53. The molecule has 8 heteroatoms. The number of hydrogen-bond donors (Lipinski definition) is 2. The van der Waals surface area contributed by atoms with Gasteiger partial charge in [0.15, 0.2) is 11.5 Å². The van der Waals surface area contributed by atoms with Crippen LogP contribution in [0.25, 0.3) is 0 Å². The van der Waals surface area contributed by atoms with E-state index in [1.54, 1.807) is 42.5 Å². The zero-order chi connectivity index (χ0) is 20.9. The summed E-state index contributed by atoms with van der Waals surface area (Å²) in [5.74, 6) is 1.01. The summed E-state index contributed by atoms with van der Waals surface area (Å²) in [5.41, 5.74) is 1.63. The second kappa shape index (κ2) is 8.84. The topological polar surface area (TPSA) is 104 Å². The molecule has 1 fully saturated rings. The number of anilines is 2. The molecule has 0 unspecified atom stereocenters. The smallest absolute Gasteiger partial charge is 0.238 e. The number of benzene rings is 2. The van der Waals surface area contributed by atoms with Crippen LogP contribution in [0.2, 0.25) is 0 Å². The highest BCUT2D eigenvalue weighted by molar-refractivity contribution is 5.94. The zero-order valence-electron chi connectivity index (χ0n) is 16.4. The third-order valence-corrected chi connectivity index (χ3v) is 5.29. The third-order valence-electron chi connectivity index (χ3n) is 5.29. The summed E-state index contributed by atoms with van der Waals surface area (Å²) < 4.78 is 10.6. The first-order valence-electron chi connectivity index (χ1n) is 9.84. The number of ether oxygens (including phenoxy) is 2. The van der Waals surface area contributed by atoms with E-state index in [9.17, 15) is 9.59 Å². The molecule has 30 heavy (non-hydrogen) atoms. The van der Waals surface area contributed by atoms with Crippen LogP contribution >= 0.6 is 0 Å². The van der Waals surface area contributed by atoms with Gasteiger partial charge < -0.3 is 20.1 Å². The standard InChI is InChI=1S/C22H22N4O4/c23-12-16-3-1-2-4-18(16)25-21(27)13-26-9-7-15(8-10-26)22(28)24-17-5-6-19-20(11-17)30-14-29-19/h1-6,11,15H,7-10,13-14H2,(H,24,28)(H,25,27). The Labute approximate surface area is 174 Å². The Bertz CT molecular complexity index is 993. The van der Waals surface area contributed by atoms with E-state index in [4.69, 9.17) is 14.7 Å². The van der Waals surface area contributed by atoms with E-state index >= 15 is 0 Å². The Morgan fingerprint density at radius 1 is 1.07 bits per heavy atom. The SMILES string of the molecule is N#Cc1ccccc1NC(=O)CN1CCC(C(=O)Nc2ccc3c(c2)OCO3)CC1. The Morgan fingerprint density at radius 3 is 2.63 bits per heavy atom. The number of fused-ring (bicyclic) bond motifs is 1. The lowest BCUT2D eigenvalue weighted by molar-refractivity contribution is -0.121. The molecule has 8 nitrogen and oxygen atoms in total. The summed E-state index contributed by atoms with van der Waals surface area (Å²) in [6.07, 6.45) is 1.36. The number of carbonyl (C=O) groups excluding carboxylic acids is 2. The van der Waals surface area contributed by atoms with Crippen molar-refractivity contribution in [2.75, 3.05) is 37.1 Å². The second-order valence-corrected chi connectivity index (χ2v) is 7.31. The lowest BCUT2D eigenvalue weighted by Crippen LogP contribution is -2.41. The van der Waals surface area contributed by atoms with Crippen molar-refractivity contribution < 1.29 is 19.1 Å². The minimum absolute atomic E-state index is 0.0269. The molecule has 2 heterocycles. The normalized spacial score (nSPS) is 16.0. The number of para-hydroxylation sites is 1. The Kier molecular flexibility index (Phi) is 5.82. The van der Waals surface area contributed by atoms with E-state index in [2.05, 4.69) is 16.7 Å². The van der Waals surface area contributed by atoms with Crippen molar-refractivity contribution in [3.63, 3.8) is 0 Å². The van der Waals surface area contributed by atoms with Crippen molar-refractivity contribution in [3.05, 3.63) is 48.0 Å². The highest BCUT2D eigenvalue weighted by atomic mass is 16.7. The first-order chi connectivity index (χ1) is 14.6. The molecule has 2 N–H and O–H groups in total. The molecule has 0 bridgehead atoms. The van der Waals surface area contributed by atoms with Gasteiger partial charge in [0.1, 0.15) is 6.07 Å². The average Bonchev–Trinajstić information content (AvgIpc) is 3.22. The molecule has 0 aliphatic carbocycles. The molecule has 0 saturated carbocycles. The molecule has 2 amide bonds. The number of amides is 2. The van der Waals surface area contributed by atoms with Gasteiger partial charge in [0.05, 0.1) is 17.8 Å². The summed E-state index contributed by atoms with van der Waals surface area (Å²) in [6, 6.07) is 14.3. The van der Waals surface area contributed by atoms with Crippen molar-refractivity contribution in [1.82, 2.24) is 4.90 Å². The maximum Gasteiger partial charge on any atom is 0.238 e. The molecule has 2 aromatic carbocycles. The van der Waals surface area contributed by atoms with E-state index in [1.807, 2.05) is 4.90 Å². The van der Waals surface area contributed by atoms with Crippen molar-refractivity contribution in [1.29, 1.82) is 5.26 Å². The summed E-state index contributed by atoms with van der Waals surface area (Å²) in [4.78, 5) is 27.0. The van der Waals surface area contributed by atoms with Crippen LogP contribution in [0.5, 0.6) is 11.5 Å². The van der Waals surface area contributed by atoms with E-state index in [0.717, 1.165) is 0 Å². The Hall–Kier alpha value is -3.57. The molecule has 2 aromatic rings. The number of nitrogens with zero attached hydrogens (tertiary/aromatic N) is 2. The Balaban J connectivity index is 1.25. The van der Waals surface area contributed by atoms with Gasteiger partial charge in [-0.1, -0.05) is 12.1 Å². The van der Waals surface area contributed by atoms with E-state index in [0.29, 0.717) is 54.4 Å². The maximum absolute atomic E-state index is 12.6. The number of nitrogens with one attached hydrogen (secondary N) is 2. The van der Waals surface area contributed by atoms with Crippen LogP contribution < -0.4 is 20.1 Å². The summed E-state index contributed by atoms with van der Waals surface area (Å²) in [7, 11) is 0. The van der Waals surface area contributed by atoms with Gasteiger partial charge in [-0.3, -0.25) is 14.5 Å². The number of piperidine rings is 1. The molecule has 0 spiro atoms. The van der Waals surface area contributed by atoms with Gasteiger partial charge in [-0.2, -0.15) is 5.26 Å². The van der Waals surface area contributed by atoms with Crippen LogP contribution in [0.1, 0.15) is 18.4 Å². The van der Waals surface area contributed by atoms with Crippen LogP contribution in [0.3, 0.4) is 0 Å². The van der Waals surface area contributed by atoms with Gasteiger partial charge in [0, 0.05) is 17.7 Å². The monoisotopic (exact) mass is 406 g/mol. The zero-order valence-corrected chi connectivity index (χ0v) is 16.4. The average molecular weight is 406 g/mol. The number of rotatable bonds is 5. The molecule has 154 valence electrons. The first-order valence-corrected chi connectivity index (χ1v) is 9.84. The predicted octanol–water partition coefficient (Wildman–Crippen LogP) is 2.58. The quantitative estimate of drug-likeness (QED) is 0.791. The first kappa shape index (κ1) is 19.7. The van der Waals surface area contributed by atoms with Crippen molar-refractivity contribution >= 4 is 23.2 Å². The van der Waals surface area contributed by atoms with Crippen LogP contribution in [-0.2, 0) is 9.59 Å². The minimum atomic E-state index is -0.166. The fraction of sp³-hybridized carbons (Fsp3) is 0.318. The Morgan fingerprint density at radius 2 is 1.83 bits per heavy atom. The predicted molar refractivity (Wildman–Crippen MR) is 110 cm³/mol. The van der Waals surface area contributed by atoms with Crippen molar-refractivity contribution in [2.24, 2.45) is 5.92 Å². The molecular formula is C22H22N4O4. The van der Waals surface area contributed by atoms with Gasteiger partial charge in [-0.05, 0) is 50.2 Å². The molecule has 0 radical (unpaired) electrons. The molecule has 2 aliphatic rings. The fourth-order valence-corrected chi connectivity index (χ4v) is 3.65. The fourth-order valence-electron chi connectivity index (χ4n) is 3.65. The molecular weight excluding hydrogens is 384 g/mol. The largest absolute Gasteiger partial charge is 0.454 e. The minimum Gasteiger partial charge on any atom is -0.454 e. The highest BCUT2D eigenvalue weighted by Crippen LogP contribution is 2.34. The maximum atomic E-state index is 12.6. The number of hydrogen-bond acceptors (Lipinski definition) is 6. The van der Waals surface area contributed by atoms with E-state index < -0.39 is 0 Å². The van der Waals surface area contributed by atoms with Crippen LogP contribution in [0, 0.1) is 17.2 Å². The summed E-state index contributed by atoms with van der Waals surface area (Å²) >= 11 is 0. The highest BCUT2D eigenvalue weighted by Gasteiger charge is 2.26. The lowest BCUT2D eigenvalue weighted by Gasteiger charge is -2.30. The van der Waals surface area contributed by atoms with Crippen LogP contribution in [0.15, 0.2) is 42.5 Å². The molecule has 1 saturated heterocycles. The second-order valence-electron chi connectivity index (χ2n) is 7.31. The van der Waals surface area contributed by atoms with Gasteiger partial charge in [0.25, 0.3) is 0 Å². The van der Waals surface area contributed by atoms with E-state index in [-0.39, 0.29) is 31.1 Å². The van der Waals surface area contributed by atoms with Crippen molar-refractivity contribution in [2.45, 2.75) is 12.8 Å².